The second kappa shape index (κ2) is 10.9. The van der Waals surface area contributed by atoms with E-state index < -0.39 is 5.97 Å². The van der Waals surface area contributed by atoms with Crippen molar-refractivity contribution in [3.8, 4) is 11.5 Å². The second-order valence-electron chi connectivity index (χ2n) is 7.01. The molecular formula is C24H18Cl2N2O6S. The summed E-state index contributed by atoms with van der Waals surface area (Å²) in [5, 5.41) is 3.80. The molecule has 0 unspecified atom stereocenters. The van der Waals surface area contributed by atoms with Gasteiger partial charge in [-0.05, 0) is 59.8 Å². The minimum absolute atomic E-state index is 0.0813. The van der Waals surface area contributed by atoms with Crippen molar-refractivity contribution in [1.82, 2.24) is 5.32 Å². The summed E-state index contributed by atoms with van der Waals surface area (Å²) < 4.78 is 21.2. The monoisotopic (exact) mass is 532 g/mol. The average molecular weight is 533 g/mol. The van der Waals surface area contributed by atoms with Gasteiger partial charge in [-0.15, -0.1) is 0 Å². The molecule has 0 radical (unpaired) electrons. The molecule has 1 amide bonds. The van der Waals surface area contributed by atoms with Crippen LogP contribution in [0.1, 0.15) is 21.9 Å². The van der Waals surface area contributed by atoms with Gasteiger partial charge in [0.2, 0.25) is 5.76 Å². The first-order valence-corrected chi connectivity index (χ1v) is 11.7. The fourth-order valence-electron chi connectivity index (χ4n) is 3.03. The van der Waals surface area contributed by atoms with Crippen molar-refractivity contribution in [1.29, 1.82) is 0 Å². The predicted octanol–water partition coefficient (Wildman–Crippen LogP) is 5.85. The molecule has 1 N–H and O–H groups in total. The van der Waals surface area contributed by atoms with E-state index in [0.717, 1.165) is 5.56 Å². The molecule has 2 heterocycles. The predicted molar refractivity (Wildman–Crippen MR) is 135 cm³/mol. The Labute approximate surface area is 214 Å². The molecule has 4 rings (SSSR count). The zero-order valence-corrected chi connectivity index (χ0v) is 20.8. The maximum atomic E-state index is 12.4. The van der Waals surface area contributed by atoms with Gasteiger partial charge in [0.05, 0.1) is 34.9 Å². The Kier molecular flexibility index (Phi) is 7.70. The first-order valence-electron chi connectivity index (χ1n) is 10.1. The van der Waals surface area contributed by atoms with E-state index in [2.05, 4.69) is 15.0 Å². The minimum atomic E-state index is -0.566. The number of carbonyl (C=O) groups excluding carboxylic acids is 2. The Morgan fingerprint density at radius 2 is 1.97 bits per heavy atom. The van der Waals surface area contributed by atoms with Crippen LogP contribution in [0.5, 0.6) is 11.5 Å². The molecule has 11 heteroatoms. The highest BCUT2D eigenvalue weighted by Crippen LogP contribution is 2.35. The van der Waals surface area contributed by atoms with Crippen molar-refractivity contribution >= 4 is 63.8 Å². The Hall–Kier alpha value is -3.40. The minimum Gasteiger partial charge on any atom is -0.493 e. The molecule has 35 heavy (non-hydrogen) atoms. The zero-order valence-electron chi connectivity index (χ0n) is 18.5. The van der Waals surface area contributed by atoms with Gasteiger partial charge in [-0.3, -0.25) is 4.79 Å². The number of benzene rings is 2. The quantitative estimate of drug-likeness (QED) is 0.300. The maximum Gasteiger partial charge on any atom is 0.373 e. The summed E-state index contributed by atoms with van der Waals surface area (Å²) >= 11 is 13.4. The number of amidine groups is 1. The molecule has 0 bridgehead atoms. The van der Waals surface area contributed by atoms with Gasteiger partial charge in [0.25, 0.3) is 5.91 Å². The number of rotatable bonds is 7. The van der Waals surface area contributed by atoms with E-state index in [0.29, 0.717) is 43.1 Å². The number of hydrogen-bond acceptors (Lipinski definition) is 8. The van der Waals surface area contributed by atoms with Crippen LogP contribution in [-0.2, 0) is 16.1 Å². The third-order valence-electron chi connectivity index (χ3n) is 4.71. The van der Waals surface area contributed by atoms with Crippen LogP contribution in [0.3, 0.4) is 0 Å². The van der Waals surface area contributed by atoms with E-state index in [-0.39, 0.29) is 18.3 Å². The number of carbonyl (C=O) groups is 2. The number of nitrogens with zero attached hydrogens (tertiary/aromatic N) is 1. The third-order valence-corrected chi connectivity index (χ3v) is 6.43. The SMILES string of the molecule is COC(=O)c1ccc(COc2ccc(/C=C3/SC(=Nc4cccc(Cl)c4Cl)NC3=O)cc2OC)o1. The number of thioether (sulfide) groups is 1. The molecule has 2 aromatic carbocycles. The lowest BCUT2D eigenvalue weighted by Crippen LogP contribution is -2.19. The van der Waals surface area contributed by atoms with Crippen LogP contribution in [-0.4, -0.2) is 31.3 Å². The molecule has 1 fully saturated rings. The van der Waals surface area contributed by atoms with E-state index in [4.69, 9.17) is 37.1 Å². The summed E-state index contributed by atoms with van der Waals surface area (Å²) in [7, 11) is 2.79. The largest absolute Gasteiger partial charge is 0.493 e. The molecule has 0 saturated carbocycles. The molecule has 0 spiro atoms. The number of halogens is 2. The van der Waals surface area contributed by atoms with Crippen LogP contribution in [0.2, 0.25) is 10.0 Å². The van der Waals surface area contributed by atoms with Crippen molar-refractivity contribution in [3.05, 3.63) is 80.6 Å². The standard InChI is InChI=1S/C24H18Cl2N2O6S/c1-31-19-10-13(6-8-17(19)33-12-14-7-9-18(34-14)23(30)32-2)11-20-22(29)28-24(35-20)27-16-5-3-4-15(25)21(16)26/h3-11H,12H2,1-2H3,(H,27,28,29)/b20-11+. The lowest BCUT2D eigenvalue weighted by atomic mass is 10.2. The molecule has 8 nitrogen and oxygen atoms in total. The summed E-state index contributed by atoms with van der Waals surface area (Å²) in [6.07, 6.45) is 1.71. The molecule has 0 aliphatic carbocycles. The van der Waals surface area contributed by atoms with Crippen LogP contribution in [0.15, 0.2) is 62.8 Å². The van der Waals surface area contributed by atoms with Gasteiger partial charge in [-0.25, -0.2) is 9.79 Å². The van der Waals surface area contributed by atoms with Crippen molar-refractivity contribution in [2.45, 2.75) is 6.61 Å². The van der Waals surface area contributed by atoms with Crippen LogP contribution in [0, 0.1) is 0 Å². The third kappa shape index (κ3) is 5.82. The lowest BCUT2D eigenvalue weighted by Gasteiger charge is -2.10. The van der Waals surface area contributed by atoms with Gasteiger partial charge in [-0.2, -0.15) is 0 Å². The second-order valence-corrected chi connectivity index (χ2v) is 8.83. The Morgan fingerprint density at radius 1 is 1.14 bits per heavy atom. The lowest BCUT2D eigenvalue weighted by molar-refractivity contribution is -0.115. The van der Waals surface area contributed by atoms with Gasteiger partial charge in [0.15, 0.2) is 16.7 Å². The highest BCUT2D eigenvalue weighted by molar-refractivity contribution is 8.18. The Bertz CT molecular complexity index is 1350. The molecule has 0 atom stereocenters. The molecular weight excluding hydrogens is 515 g/mol. The number of hydrogen-bond donors (Lipinski definition) is 1. The van der Waals surface area contributed by atoms with Gasteiger partial charge in [0, 0.05) is 0 Å². The Balaban J connectivity index is 1.47. The van der Waals surface area contributed by atoms with Gasteiger partial charge in [0.1, 0.15) is 12.4 Å². The van der Waals surface area contributed by atoms with Crippen molar-refractivity contribution in [2.75, 3.05) is 14.2 Å². The number of ether oxygens (including phenoxy) is 3. The van der Waals surface area contributed by atoms with E-state index in [9.17, 15) is 9.59 Å². The fraction of sp³-hybridized carbons (Fsp3) is 0.125. The average Bonchev–Trinajstić information content (AvgIpc) is 3.47. The molecule has 1 aliphatic rings. The van der Waals surface area contributed by atoms with Crippen molar-refractivity contribution in [3.63, 3.8) is 0 Å². The molecule has 1 saturated heterocycles. The topological polar surface area (TPSA) is 99.4 Å². The van der Waals surface area contributed by atoms with Crippen molar-refractivity contribution in [2.24, 2.45) is 4.99 Å². The highest BCUT2D eigenvalue weighted by atomic mass is 35.5. The van der Waals surface area contributed by atoms with Gasteiger partial charge in [-0.1, -0.05) is 35.3 Å². The van der Waals surface area contributed by atoms with Crippen molar-refractivity contribution < 1.29 is 28.2 Å². The van der Waals surface area contributed by atoms with Crippen LogP contribution in [0.4, 0.5) is 5.69 Å². The summed E-state index contributed by atoms with van der Waals surface area (Å²) in [5.41, 5.74) is 1.18. The van der Waals surface area contributed by atoms with E-state index >= 15 is 0 Å². The molecule has 1 aliphatic heterocycles. The summed E-state index contributed by atoms with van der Waals surface area (Å²) in [6, 6.07) is 13.5. The molecule has 1 aromatic heterocycles. The summed E-state index contributed by atoms with van der Waals surface area (Å²) in [4.78, 5) is 28.8. The van der Waals surface area contributed by atoms with Crippen LogP contribution < -0.4 is 14.8 Å². The number of amides is 1. The molecule has 180 valence electrons. The number of furan rings is 1. The first-order chi connectivity index (χ1) is 16.9. The molecule has 3 aromatic rings. The van der Waals surface area contributed by atoms with Gasteiger partial charge >= 0.3 is 5.97 Å². The van der Waals surface area contributed by atoms with Crippen LogP contribution in [0.25, 0.3) is 6.08 Å². The highest BCUT2D eigenvalue weighted by Gasteiger charge is 2.24. The van der Waals surface area contributed by atoms with E-state index in [1.54, 1.807) is 48.5 Å². The number of aliphatic imine (C=N–C) groups is 1. The number of esters is 1. The summed E-state index contributed by atoms with van der Waals surface area (Å²) in [5.74, 6) is 0.612. The van der Waals surface area contributed by atoms with E-state index in [1.807, 2.05) is 0 Å². The fourth-order valence-corrected chi connectivity index (χ4v) is 4.20. The number of methoxy groups -OCH3 is 2. The van der Waals surface area contributed by atoms with Crippen LogP contribution >= 0.6 is 35.0 Å². The zero-order chi connectivity index (χ0) is 24.9. The normalized spacial score (nSPS) is 15.4. The number of nitrogens with one attached hydrogen (secondary N) is 1. The summed E-state index contributed by atoms with van der Waals surface area (Å²) in [6.45, 7) is 0.0813. The van der Waals surface area contributed by atoms with Gasteiger partial charge < -0.3 is 23.9 Å². The maximum absolute atomic E-state index is 12.4. The van der Waals surface area contributed by atoms with E-state index in [1.165, 1.54) is 32.0 Å². The first kappa shape index (κ1) is 24.7. The smallest absolute Gasteiger partial charge is 0.373 e. The Morgan fingerprint density at radius 3 is 2.74 bits per heavy atom.